The van der Waals surface area contributed by atoms with E-state index in [1.165, 1.54) is 16.7 Å². The third kappa shape index (κ3) is 5.32. The summed E-state index contributed by atoms with van der Waals surface area (Å²) in [4.78, 5) is 12.1. The summed E-state index contributed by atoms with van der Waals surface area (Å²) in [6.45, 7) is 6.71. The number of hydrogen-bond donors (Lipinski definition) is 1. The van der Waals surface area contributed by atoms with E-state index >= 15 is 0 Å². The number of ether oxygens (including phenoxy) is 1. The zero-order valence-corrected chi connectivity index (χ0v) is 14.7. The highest BCUT2D eigenvalue weighted by molar-refractivity contribution is 7.99. The largest absolute Gasteiger partial charge is 0.492 e. The third-order valence-electron chi connectivity index (χ3n) is 3.45. The van der Waals surface area contributed by atoms with Crippen molar-refractivity contribution in [2.45, 2.75) is 26.5 Å². The lowest BCUT2D eigenvalue weighted by molar-refractivity contribution is -0.113. The van der Waals surface area contributed by atoms with Crippen LogP contribution in [0.4, 0.5) is 5.69 Å². The summed E-state index contributed by atoms with van der Waals surface area (Å²) < 4.78 is 5.52. The van der Waals surface area contributed by atoms with Crippen molar-refractivity contribution in [1.82, 2.24) is 0 Å². The van der Waals surface area contributed by atoms with Crippen LogP contribution in [-0.2, 0) is 10.5 Å². The Hall–Kier alpha value is -1.94. The standard InChI is InChI=1S/C19H23NO2S/c1-4-22-18-8-6-5-7-17(18)20-19(21)13-23-12-16-10-9-14(2)11-15(16)3/h5-11H,4,12-13H2,1-3H3,(H,20,21). The molecule has 0 aliphatic carbocycles. The van der Waals surface area contributed by atoms with Crippen molar-refractivity contribution in [1.29, 1.82) is 0 Å². The van der Waals surface area contributed by atoms with Gasteiger partial charge in [-0.1, -0.05) is 35.9 Å². The van der Waals surface area contributed by atoms with Crippen LogP contribution >= 0.6 is 11.8 Å². The zero-order chi connectivity index (χ0) is 16.7. The fourth-order valence-electron chi connectivity index (χ4n) is 2.30. The Morgan fingerprint density at radius 1 is 1.17 bits per heavy atom. The predicted octanol–water partition coefficient (Wildman–Crippen LogP) is 4.57. The second-order valence-electron chi connectivity index (χ2n) is 5.40. The second kappa shape index (κ2) is 8.63. The smallest absolute Gasteiger partial charge is 0.234 e. The van der Waals surface area contributed by atoms with Crippen LogP contribution in [0.25, 0.3) is 0 Å². The average molecular weight is 329 g/mol. The number of carbonyl (C=O) groups is 1. The van der Waals surface area contributed by atoms with Crippen molar-refractivity contribution in [3.63, 3.8) is 0 Å². The van der Waals surface area contributed by atoms with Crippen LogP contribution in [0.3, 0.4) is 0 Å². The normalized spacial score (nSPS) is 10.4. The number of amides is 1. The molecule has 2 aromatic carbocycles. The molecule has 3 nitrogen and oxygen atoms in total. The lowest BCUT2D eigenvalue weighted by Gasteiger charge is -2.11. The molecule has 0 aliphatic heterocycles. The van der Waals surface area contributed by atoms with E-state index in [2.05, 4.69) is 37.4 Å². The molecule has 0 spiro atoms. The van der Waals surface area contributed by atoms with Crippen LogP contribution in [0.15, 0.2) is 42.5 Å². The minimum absolute atomic E-state index is 0.00748. The number of carbonyl (C=O) groups excluding carboxylic acids is 1. The number of anilines is 1. The van der Waals surface area contributed by atoms with Crippen molar-refractivity contribution in [2.24, 2.45) is 0 Å². The van der Waals surface area contributed by atoms with Crippen LogP contribution in [0.1, 0.15) is 23.6 Å². The maximum atomic E-state index is 12.1. The quantitative estimate of drug-likeness (QED) is 0.808. The summed E-state index contributed by atoms with van der Waals surface area (Å²) in [7, 11) is 0. The fourth-order valence-corrected chi connectivity index (χ4v) is 3.20. The molecule has 1 amide bonds. The molecular weight excluding hydrogens is 306 g/mol. The van der Waals surface area contributed by atoms with E-state index in [1.54, 1.807) is 11.8 Å². The third-order valence-corrected chi connectivity index (χ3v) is 4.43. The van der Waals surface area contributed by atoms with Crippen LogP contribution in [0.5, 0.6) is 5.75 Å². The summed E-state index contributed by atoms with van der Waals surface area (Å²) in [5, 5.41) is 2.92. The first-order valence-corrected chi connectivity index (χ1v) is 8.91. The Bertz CT molecular complexity index is 670. The summed E-state index contributed by atoms with van der Waals surface area (Å²) in [6.07, 6.45) is 0. The van der Waals surface area contributed by atoms with E-state index < -0.39 is 0 Å². The van der Waals surface area contributed by atoms with E-state index in [4.69, 9.17) is 4.74 Å². The van der Waals surface area contributed by atoms with Crippen molar-refractivity contribution >= 4 is 23.4 Å². The van der Waals surface area contributed by atoms with Gasteiger partial charge >= 0.3 is 0 Å². The number of thioether (sulfide) groups is 1. The first-order valence-electron chi connectivity index (χ1n) is 7.75. The van der Waals surface area contributed by atoms with E-state index in [-0.39, 0.29) is 5.91 Å². The van der Waals surface area contributed by atoms with Crippen LogP contribution in [0.2, 0.25) is 0 Å². The minimum Gasteiger partial charge on any atom is -0.492 e. The number of aryl methyl sites for hydroxylation is 2. The topological polar surface area (TPSA) is 38.3 Å². The zero-order valence-electron chi connectivity index (χ0n) is 13.9. The van der Waals surface area contributed by atoms with Crippen molar-refractivity contribution in [2.75, 3.05) is 17.7 Å². The van der Waals surface area contributed by atoms with Gasteiger partial charge in [-0.2, -0.15) is 0 Å². The molecule has 0 unspecified atom stereocenters. The van der Waals surface area contributed by atoms with E-state index in [9.17, 15) is 4.79 Å². The van der Waals surface area contributed by atoms with Gasteiger partial charge in [0.15, 0.2) is 0 Å². The van der Waals surface area contributed by atoms with E-state index in [1.807, 2.05) is 31.2 Å². The molecule has 2 aromatic rings. The molecule has 0 saturated carbocycles. The van der Waals surface area contributed by atoms with Gasteiger partial charge in [0.05, 0.1) is 18.0 Å². The Labute approximate surface area is 142 Å². The van der Waals surface area contributed by atoms with Gasteiger partial charge in [-0.3, -0.25) is 4.79 Å². The highest BCUT2D eigenvalue weighted by atomic mass is 32.2. The monoisotopic (exact) mass is 329 g/mol. The molecule has 122 valence electrons. The van der Waals surface area contributed by atoms with E-state index in [0.29, 0.717) is 18.1 Å². The predicted molar refractivity (Wildman–Crippen MR) is 98.3 cm³/mol. The molecule has 0 aliphatic rings. The lowest BCUT2D eigenvalue weighted by atomic mass is 10.1. The van der Waals surface area contributed by atoms with Crippen LogP contribution < -0.4 is 10.1 Å². The SMILES string of the molecule is CCOc1ccccc1NC(=O)CSCc1ccc(C)cc1C. The first-order chi connectivity index (χ1) is 11.1. The second-order valence-corrected chi connectivity index (χ2v) is 6.39. The first kappa shape index (κ1) is 17.4. The van der Waals surface area contributed by atoms with Gasteiger partial charge in [0, 0.05) is 5.75 Å². The lowest BCUT2D eigenvalue weighted by Crippen LogP contribution is -2.15. The van der Waals surface area contributed by atoms with Gasteiger partial charge in [-0.15, -0.1) is 11.8 Å². The van der Waals surface area contributed by atoms with Gasteiger partial charge in [-0.25, -0.2) is 0 Å². The molecule has 0 bridgehead atoms. The summed E-state index contributed by atoms with van der Waals surface area (Å²) in [6, 6.07) is 13.9. The van der Waals surface area contributed by atoms with Crippen LogP contribution in [0, 0.1) is 13.8 Å². The maximum absolute atomic E-state index is 12.1. The van der Waals surface area contributed by atoms with Gasteiger partial charge in [0.25, 0.3) is 0 Å². The Balaban J connectivity index is 1.86. The molecule has 0 saturated heterocycles. The highest BCUT2D eigenvalue weighted by Gasteiger charge is 2.08. The molecule has 23 heavy (non-hydrogen) atoms. The van der Waals surface area contributed by atoms with Gasteiger partial charge in [-0.05, 0) is 44.0 Å². The number of nitrogens with one attached hydrogen (secondary N) is 1. The molecule has 1 N–H and O–H groups in total. The Morgan fingerprint density at radius 3 is 2.70 bits per heavy atom. The fraction of sp³-hybridized carbons (Fsp3) is 0.316. The summed E-state index contributed by atoms with van der Waals surface area (Å²) in [5.74, 6) is 1.97. The van der Waals surface area contributed by atoms with Crippen molar-refractivity contribution in [3.8, 4) is 5.75 Å². The minimum atomic E-state index is -0.00748. The average Bonchev–Trinajstić information content (AvgIpc) is 2.52. The Kier molecular flexibility index (Phi) is 6.53. The van der Waals surface area contributed by atoms with Crippen LogP contribution in [-0.4, -0.2) is 18.3 Å². The van der Waals surface area contributed by atoms with Crippen molar-refractivity contribution in [3.05, 3.63) is 59.2 Å². The number of benzene rings is 2. The van der Waals surface area contributed by atoms with Gasteiger partial charge < -0.3 is 10.1 Å². The number of rotatable bonds is 7. The molecule has 0 fully saturated rings. The number of para-hydroxylation sites is 2. The highest BCUT2D eigenvalue weighted by Crippen LogP contribution is 2.24. The molecule has 0 radical (unpaired) electrons. The molecule has 0 heterocycles. The van der Waals surface area contributed by atoms with E-state index in [0.717, 1.165) is 11.4 Å². The summed E-state index contributed by atoms with van der Waals surface area (Å²) >= 11 is 1.62. The van der Waals surface area contributed by atoms with Gasteiger partial charge in [0.2, 0.25) is 5.91 Å². The van der Waals surface area contributed by atoms with Gasteiger partial charge in [0.1, 0.15) is 5.75 Å². The maximum Gasteiger partial charge on any atom is 0.234 e. The molecule has 0 atom stereocenters. The molecule has 0 aromatic heterocycles. The number of hydrogen-bond acceptors (Lipinski definition) is 3. The Morgan fingerprint density at radius 2 is 1.96 bits per heavy atom. The molecule has 4 heteroatoms. The molecule has 2 rings (SSSR count). The molecular formula is C19H23NO2S. The van der Waals surface area contributed by atoms with Crippen molar-refractivity contribution < 1.29 is 9.53 Å². The summed E-state index contributed by atoms with van der Waals surface area (Å²) in [5.41, 5.74) is 4.55.